The van der Waals surface area contributed by atoms with Crippen LogP contribution in [0.5, 0.6) is 0 Å². The van der Waals surface area contributed by atoms with Gasteiger partial charge in [-0.05, 0) is 46.5 Å². The molecule has 3 nitrogen and oxygen atoms in total. The molecule has 3 rings (SSSR count). The monoisotopic (exact) mass is 315 g/mol. The number of aryl methyl sites for hydroxylation is 2. The Bertz CT molecular complexity index is 704. The summed E-state index contributed by atoms with van der Waals surface area (Å²) >= 11 is 3.45. The number of hydrogen-bond donors (Lipinski definition) is 1. The molecule has 0 aliphatic carbocycles. The van der Waals surface area contributed by atoms with Gasteiger partial charge in [0.1, 0.15) is 11.5 Å². The maximum absolute atomic E-state index is 6.15. The zero-order valence-electron chi connectivity index (χ0n) is 10.4. The first-order valence-corrected chi connectivity index (χ1v) is 6.99. The normalized spacial score (nSPS) is 11.0. The van der Waals surface area contributed by atoms with Crippen LogP contribution in [0.4, 0.5) is 5.82 Å². The van der Waals surface area contributed by atoms with Gasteiger partial charge in [-0.15, -0.1) is 0 Å². The predicted molar refractivity (Wildman–Crippen MR) is 81.2 cm³/mol. The molecule has 0 spiro atoms. The molecule has 2 aromatic heterocycles. The highest BCUT2D eigenvalue weighted by Crippen LogP contribution is 2.20. The molecule has 19 heavy (non-hydrogen) atoms. The topological polar surface area (TPSA) is 43.3 Å². The third-order valence-electron chi connectivity index (χ3n) is 3.19. The van der Waals surface area contributed by atoms with Crippen LogP contribution in [0.3, 0.4) is 0 Å². The zero-order chi connectivity index (χ0) is 13.2. The fourth-order valence-corrected chi connectivity index (χ4v) is 2.51. The Labute approximate surface area is 120 Å². The molecule has 0 saturated carbocycles. The van der Waals surface area contributed by atoms with E-state index in [4.69, 9.17) is 5.73 Å². The number of pyridine rings is 1. The number of nitrogens with two attached hydrogens (primary N) is 1. The van der Waals surface area contributed by atoms with E-state index in [1.165, 1.54) is 5.56 Å². The number of aromatic nitrogens is 2. The van der Waals surface area contributed by atoms with Crippen molar-refractivity contribution in [1.29, 1.82) is 0 Å². The molecule has 0 radical (unpaired) electrons. The molecule has 96 valence electrons. The Balaban J connectivity index is 1.87. The summed E-state index contributed by atoms with van der Waals surface area (Å²) in [5, 5.41) is 0. The smallest absolute Gasteiger partial charge is 0.138 e. The largest absolute Gasteiger partial charge is 0.383 e. The number of rotatable bonds is 3. The molecule has 0 aliphatic heterocycles. The number of anilines is 1. The summed E-state index contributed by atoms with van der Waals surface area (Å²) in [7, 11) is 0. The Morgan fingerprint density at radius 1 is 1.05 bits per heavy atom. The number of nitrogens with zero attached hydrogens (tertiary/aromatic N) is 2. The Morgan fingerprint density at radius 3 is 2.63 bits per heavy atom. The van der Waals surface area contributed by atoms with Crippen LogP contribution in [0, 0.1) is 0 Å². The standard InChI is InChI=1S/C15H14BrN3/c16-12-7-9-14-18-13(15(17)19(14)10-12)8-6-11-4-2-1-3-5-11/h1-5,7,9-10H,6,8,17H2. The summed E-state index contributed by atoms with van der Waals surface area (Å²) in [5.41, 5.74) is 9.31. The van der Waals surface area contributed by atoms with Gasteiger partial charge in [-0.3, -0.25) is 4.40 Å². The van der Waals surface area contributed by atoms with Gasteiger partial charge in [0, 0.05) is 10.7 Å². The minimum absolute atomic E-state index is 0.729. The first-order valence-electron chi connectivity index (χ1n) is 6.20. The van der Waals surface area contributed by atoms with E-state index < -0.39 is 0 Å². The highest BCUT2D eigenvalue weighted by molar-refractivity contribution is 9.10. The number of hydrogen-bond acceptors (Lipinski definition) is 2. The minimum Gasteiger partial charge on any atom is -0.383 e. The van der Waals surface area contributed by atoms with Gasteiger partial charge in [0.05, 0.1) is 5.69 Å². The van der Waals surface area contributed by atoms with Crippen molar-refractivity contribution in [3.8, 4) is 0 Å². The predicted octanol–water partition coefficient (Wildman–Crippen LogP) is 3.46. The third kappa shape index (κ3) is 2.49. The number of halogens is 1. The van der Waals surface area contributed by atoms with Gasteiger partial charge in [0.15, 0.2) is 0 Å². The third-order valence-corrected chi connectivity index (χ3v) is 3.66. The van der Waals surface area contributed by atoms with E-state index in [0.29, 0.717) is 0 Å². The van der Waals surface area contributed by atoms with Crippen LogP contribution < -0.4 is 5.73 Å². The fraction of sp³-hybridized carbons (Fsp3) is 0.133. The van der Waals surface area contributed by atoms with Crippen LogP contribution >= 0.6 is 15.9 Å². The Hall–Kier alpha value is -1.81. The van der Waals surface area contributed by atoms with E-state index >= 15 is 0 Å². The first-order chi connectivity index (χ1) is 9.24. The van der Waals surface area contributed by atoms with E-state index in [1.807, 2.05) is 28.8 Å². The molecule has 0 unspecified atom stereocenters. The molecule has 3 aromatic rings. The molecule has 2 N–H and O–H groups in total. The lowest BCUT2D eigenvalue weighted by Gasteiger charge is -2.00. The van der Waals surface area contributed by atoms with Gasteiger partial charge in [0.2, 0.25) is 0 Å². The lowest BCUT2D eigenvalue weighted by atomic mass is 10.1. The highest BCUT2D eigenvalue weighted by Gasteiger charge is 2.09. The maximum Gasteiger partial charge on any atom is 0.138 e. The molecular formula is C15H14BrN3. The second-order valence-electron chi connectivity index (χ2n) is 4.50. The first kappa shape index (κ1) is 12.2. The van der Waals surface area contributed by atoms with Crippen molar-refractivity contribution in [2.75, 3.05) is 5.73 Å². The molecule has 0 bridgehead atoms. The van der Waals surface area contributed by atoms with E-state index in [0.717, 1.165) is 34.5 Å². The Kier molecular flexibility index (Phi) is 3.25. The molecule has 2 heterocycles. The van der Waals surface area contributed by atoms with Crippen LogP contribution in [-0.4, -0.2) is 9.38 Å². The van der Waals surface area contributed by atoms with Gasteiger partial charge in [0.25, 0.3) is 0 Å². The summed E-state index contributed by atoms with van der Waals surface area (Å²) in [5.74, 6) is 0.729. The van der Waals surface area contributed by atoms with Crippen molar-refractivity contribution < 1.29 is 0 Å². The average molecular weight is 316 g/mol. The fourth-order valence-electron chi connectivity index (χ4n) is 2.18. The minimum atomic E-state index is 0.729. The van der Waals surface area contributed by atoms with Crippen LogP contribution in [-0.2, 0) is 12.8 Å². The van der Waals surface area contributed by atoms with Gasteiger partial charge in [-0.2, -0.15) is 0 Å². The molecule has 0 aliphatic rings. The van der Waals surface area contributed by atoms with Crippen LogP contribution in [0.1, 0.15) is 11.3 Å². The second kappa shape index (κ2) is 5.05. The van der Waals surface area contributed by atoms with Crippen molar-refractivity contribution >= 4 is 27.4 Å². The lowest BCUT2D eigenvalue weighted by molar-refractivity contribution is 0.931. The van der Waals surface area contributed by atoms with Crippen LogP contribution in [0.15, 0.2) is 53.1 Å². The van der Waals surface area contributed by atoms with Crippen LogP contribution in [0.2, 0.25) is 0 Å². The summed E-state index contributed by atoms with van der Waals surface area (Å²) in [4.78, 5) is 4.59. The van der Waals surface area contributed by atoms with Gasteiger partial charge in [-0.25, -0.2) is 4.98 Å². The zero-order valence-corrected chi connectivity index (χ0v) is 12.0. The molecule has 1 aromatic carbocycles. The van der Waals surface area contributed by atoms with Crippen LogP contribution in [0.25, 0.3) is 5.65 Å². The molecular weight excluding hydrogens is 302 g/mol. The summed E-state index contributed by atoms with van der Waals surface area (Å²) in [6.07, 6.45) is 3.76. The average Bonchev–Trinajstić information content (AvgIpc) is 2.74. The molecule has 0 saturated heterocycles. The van der Waals surface area contributed by atoms with E-state index in [-0.39, 0.29) is 0 Å². The van der Waals surface area contributed by atoms with Crippen molar-refractivity contribution in [2.24, 2.45) is 0 Å². The van der Waals surface area contributed by atoms with Gasteiger partial charge >= 0.3 is 0 Å². The number of imidazole rings is 1. The summed E-state index contributed by atoms with van der Waals surface area (Å²) < 4.78 is 2.92. The SMILES string of the molecule is Nc1c(CCc2ccccc2)nc2ccc(Br)cn12. The van der Waals surface area contributed by atoms with E-state index in [1.54, 1.807) is 0 Å². The van der Waals surface area contributed by atoms with Crippen molar-refractivity contribution in [2.45, 2.75) is 12.8 Å². The number of fused-ring (bicyclic) bond motifs is 1. The molecule has 4 heteroatoms. The summed E-state index contributed by atoms with van der Waals surface area (Å²) in [6, 6.07) is 14.3. The van der Waals surface area contributed by atoms with E-state index in [9.17, 15) is 0 Å². The summed E-state index contributed by atoms with van der Waals surface area (Å²) in [6.45, 7) is 0. The van der Waals surface area contributed by atoms with Crippen molar-refractivity contribution in [1.82, 2.24) is 9.38 Å². The van der Waals surface area contributed by atoms with E-state index in [2.05, 4.69) is 45.2 Å². The highest BCUT2D eigenvalue weighted by atomic mass is 79.9. The van der Waals surface area contributed by atoms with Crippen molar-refractivity contribution in [3.63, 3.8) is 0 Å². The number of nitrogen functional groups attached to an aromatic ring is 1. The maximum atomic E-state index is 6.15. The molecule has 0 fully saturated rings. The van der Waals surface area contributed by atoms with Crippen molar-refractivity contribution in [3.05, 3.63) is 64.4 Å². The second-order valence-corrected chi connectivity index (χ2v) is 5.42. The van der Waals surface area contributed by atoms with Gasteiger partial charge < -0.3 is 5.73 Å². The lowest BCUT2D eigenvalue weighted by Crippen LogP contribution is -1.98. The van der Waals surface area contributed by atoms with Gasteiger partial charge in [-0.1, -0.05) is 30.3 Å². The molecule has 0 atom stereocenters. The number of benzene rings is 1. The Morgan fingerprint density at radius 2 is 1.84 bits per heavy atom. The quantitative estimate of drug-likeness (QED) is 0.804. The molecule has 0 amide bonds.